The standard InChI is InChI=1S/C15H17ClN2O/c1-10-5-7-18(9-14(10)16)15-13-8-12(19)3-2-11(13)4-6-17-15/h2-4,6,8,10,14,19H,5,7,9H2,1H3. The second-order valence-electron chi connectivity index (χ2n) is 5.27. The molecule has 2 unspecified atom stereocenters. The number of pyridine rings is 1. The van der Waals surface area contributed by atoms with E-state index in [0.717, 1.165) is 36.1 Å². The van der Waals surface area contributed by atoms with E-state index in [1.165, 1.54) is 0 Å². The fourth-order valence-corrected chi connectivity index (χ4v) is 2.90. The van der Waals surface area contributed by atoms with Gasteiger partial charge in [0, 0.05) is 24.7 Å². The van der Waals surface area contributed by atoms with Crippen molar-refractivity contribution in [3.63, 3.8) is 0 Å². The monoisotopic (exact) mass is 276 g/mol. The Morgan fingerprint density at radius 3 is 3.00 bits per heavy atom. The Labute approximate surface area is 117 Å². The molecule has 0 aliphatic carbocycles. The van der Waals surface area contributed by atoms with Crippen molar-refractivity contribution < 1.29 is 5.11 Å². The van der Waals surface area contributed by atoms with E-state index in [-0.39, 0.29) is 11.1 Å². The van der Waals surface area contributed by atoms with E-state index in [1.807, 2.05) is 18.3 Å². The van der Waals surface area contributed by atoms with Crippen LogP contribution in [0.3, 0.4) is 0 Å². The summed E-state index contributed by atoms with van der Waals surface area (Å²) in [6.07, 6.45) is 2.89. The van der Waals surface area contributed by atoms with Crippen molar-refractivity contribution in [2.24, 2.45) is 5.92 Å². The average Bonchev–Trinajstić information content (AvgIpc) is 2.41. The maximum atomic E-state index is 9.67. The Morgan fingerprint density at radius 2 is 2.21 bits per heavy atom. The molecule has 2 aromatic rings. The van der Waals surface area contributed by atoms with E-state index in [9.17, 15) is 5.11 Å². The third-order valence-corrected chi connectivity index (χ3v) is 4.46. The molecular formula is C15H17ClN2O. The van der Waals surface area contributed by atoms with E-state index in [1.54, 1.807) is 12.1 Å². The second-order valence-corrected chi connectivity index (χ2v) is 5.83. The van der Waals surface area contributed by atoms with Gasteiger partial charge in [-0.2, -0.15) is 0 Å². The predicted octanol–water partition coefficient (Wildman–Crippen LogP) is 3.39. The van der Waals surface area contributed by atoms with Gasteiger partial charge in [-0.05, 0) is 35.9 Å². The van der Waals surface area contributed by atoms with Gasteiger partial charge >= 0.3 is 0 Å². The molecule has 0 bridgehead atoms. The maximum Gasteiger partial charge on any atom is 0.136 e. The molecule has 1 aliphatic heterocycles. The van der Waals surface area contributed by atoms with Crippen LogP contribution in [0, 0.1) is 5.92 Å². The highest BCUT2D eigenvalue weighted by Gasteiger charge is 2.26. The molecule has 19 heavy (non-hydrogen) atoms. The molecule has 3 nitrogen and oxygen atoms in total. The average molecular weight is 277 g/mol. The minimum atomic E-state index is 0.156. The molecule has 0 amide bonds. The number of hydrogen-bond acceptors (Lipinski definition) is 3. The van der Waals surface area contributed by atoms with Gasteiger partial charge in [-0.3, -0.25) is 0 Å². The van der Waals surface area contributed by atoms with Crippen LogP contribution in [0.1, 0.15) is 13.3 Å². The zero-order valence-corrected chi connectivity index (χ0v) is 11.6. The Kier molecular flexibility index (Phi) is 3.23. The number of alkyl halides is 1. The first kappa shape index (κ1) is 12.5. The van der Waals surface area contributed by atoms with Crippen molar-refractivity contribution in [3.8, 4) is 5.75 Å². The van der Waals surface area contributed by atoms with Crippen molar-refractivity contribution in [1.82, 2.24) is 4.98 Å². The number of halogens is 1. The van der Waals surface area contributed by atoms with Gasteiger partial charge in [-0.25, -0.2) is 4.98 Å². The number of nitrogens with zero attached hydrogens (tertiary/aromatic N) is 2. The van der Waals surface area contributed by atoms with Gasteiger partial charge in [0.2, 0.25) is 0 Å². The molecule has 1 aromatic carbocycles. The van der Waals surface area contributed by atoms with Crippen LogP contribution in [0.15, 0.2) is 30.5 Å². The van der Waals surface area contributed by atoms with Crippen LogP contribution in [0.25, 0.3) is 10.8 Å². The van der Waals surface area contributed by atoms with Gasteiger partial charge in [-0.15, -0.1) is 11.6 Å². The van der Waals surface area contributed by atoms with E-state index in [0.29, 0.717) is 5.92 Å². The zero-order chi connectivity index (χ0) is 13.4. The second kappa shape index (κ2) is 4.89. The number of fused-ring (bicyclic) bond motifs is 1. The summed E-state index contributed by atoms with van der Waals surface area (Å²) in [5.74, 6) is 1.74. The first-order valence-corrected chi connectivity index (χ1v) is 7.05. The molecule has 1 aromatic heterocycles. The van der Waals surface area contributed by atoms with Crippen molar-refractivity contribution in [2.45, 2.75) is 18.7 Å². The third kappa shape index (κ3) is 2.35. The Morgan fingerprint density at radius 1 is 1.37 bits per heavy atom. The number of piperidine rings is 1. The van der Waals surface area contributed by atoms with Gasteiger partial charge in [-0.1, -0.05) is 13.0 Å². The van der Waals surface area contributed by atoms with Crippen LogP contribution in [0.4, 0.5) is 5.82 Å². The van der Waals surface area contributed by atoms with E-state index in [4.69, 9.17) is 11.6 Å². The molecular weight excluding hydrogens is 260 g/mol. The van der Waals surface area contributed by atoms with E-state index in [2.05, 4.69) is 16.8 Å². The number of aromatic hydroxyl groups is 1. The summed E-state index contributed by atoms with van der Waals surface area (Å²) < 4.78 is 0. The molecule has 0 radical (unpaired) electrons. The van der Waals surface area contributed by atoms with Crippen LogP contribution < -0.4 is 4.90 Å². The molecule has 2 heterocycles. The molecule has 1 aliphatic rings. The van der Waals surface area contributed by atoms with Gasteiger partial charge in [0.05, 0.1) is 5.38 Å². The predicted molar refractivity (Wildman–Crippen MR) is 79.0 cm³/mol. The van der Waals surface area contributed by atoms with Crippen LogP contribution >= 0.6 is 11.6 Å². The molecule has 4 heteroatoms. The number of phenolic OH excluding ortho intramolecular Hbond substituents is 1. The lowest BCUT2D eigenvalue weighted by Crippen LogP contribution is -2.40. The number of benzene rings is 1. The SMILES string of the molecule is CC1CCN(c2nccc3ccc(O)cc23)CC1Cl. The largest absolute Gasteiger partial charge is 0.508 e. The smallest absolute Gasteiger partial charge is 0.136 e. The minimum absolute atomic E-state index is 0.156. The van der Waals surface area contributed by atoms with Gasteiger partial charge in [0.15, 0.2) is 0 Å². The first-order valence-electron chi connectivity index (χ1n) is 6.62. The van der Waals surface area contributed by atoms with Crippen LogP contribution in [0.5, 0.6) is 5.75 Å². The minimum Gasteiger partial charge on any atom is -0.508 e. The van der Waals surface area contributed by atoms with E-state index < -0.39 is 0 Å². The quantitative estimate of drug-likeness (QED) is 0.811. The van der Waals surface area contributed by atoms with Crippen molar-refractivity contribution in [1.29, 1.82) is 0 Å². The van der Waals surface area contributed by atoms with Gasteiger partial charge in [0.1, 0.15) is 11.6 Å². The molecule has 2 atom stereocenters. The lowest BCUT2D eigenvalue weighted by molar-refractivity contribution is 0.444. The summed E-state index contributed by atoms with van der Waals surface area (Å²) in [4.78, 5) is 6.71. The highest BCUT2D eigenvalue weighted by molar-refractivity contribution is 6.21. The normalized spacial score (nSPS) is 23.8. The van der Waals surface area contributed by atoms with Gasteiger partial charge < -0.3 is 10.0 Å². The Bertz CT molecular complexity index is 602. The molecule has 0 spiro atoms. The summed E-state index contributed by atoms with van der Waals surface area (Å²) in [5.41, 5.74) is 0. The Hall–Kier alpha value is -1.48. The van der Waals surface area contributed by atoms with Crippen molar-refractivity contribution in [3.05, 3.63) is 30.5 Å². The summed E-state index contributed by atoms with van der Waals surface area (Å²) >= 11 is 6.38. The van der Waals surface area contributed by atoms with Crippen molar-refractivity contribution in [2.75, 3.05) is 18.0 Å². The molecule has 3 rings (SSSR count). The highest BCUT2D eigenvalue weighted by Crippen LogP contribution is 2.31. The summed E-state index contributed by atoms with van der Waals surface area (Å²) in [6.45, 7) is 3.97. The van der Waals surface area contributed by atoms with Crippen molar-refractivity contribution >= 4 is 28.2 Å². The topological polar surface area (TPSA) is 36.4 Å². The summed E-state index contributed by atoms with van der Waals surface area (Å²) in [5, 5.41) is 11.9. The zero-order valence-electron chi connectivity index (χ0n) is 10.9. The number of rotatable bonds is 1. The number of anilines is 1. The van der Waals surface area contributed by atoms with Crippen LogP contribution in [-0.4, -0.2) is 28.6 Å². The lowest BCUT2D eigenvalue weighted by atomic mass is 9.98. The molecule has 1 N–H and O–H groups in total. The molecule has 1 saturated heterocycles. The fraction of sp³-hybridized carbons (Fsp3) is 0.400. The maximum absolute atomic E-state index is 9.67. The molecule has 100 valence electrons. The number of aromatic nitrogens is 1. The summed E-state index contributed by atoms with van der Waals surface area (Å²) in [6, 6.07) is 7.36. The van der Waals surface area contributed by atoms with Crippen LogP contribution in [-0.2, 0) is 0 Å². The molecule has 1 fully saturated rings. The van der Waals surface area contributed by atoms with E-state index >= 15 is 0 Å². The van der Waals surface area contributed by atoms with Crippen LogP contribution in [0.2, 0.25) is 0 Å². The summed E-state index contributed by atoms with van der Waals surface area (Å²) in [7, 11) is 0. The van der Waals surface area contributed by atoms with Gasteiger partial charge in [0.25, 0.3) is 0 Å². The number of hydrogen-bond donors (Lipinski definition) is 1. The lowest BCUT2D eigenvalue weighted by Gasteiger charge is -2.35. The Balaban J connectivity index is 2.03. The first-order chi connectivity index (χ1) is 9.15. The molecule has 0 saturated carbocycles. The third-order valence-electron chi connectivity index (χ3n) is 3.89. The number of phenols is 1. The fourth-order valence-electron chi connectivity index (χ4n) is 2.61. The highest BCUT2D eigenvalue weighted by atomic mass is 35.5.